The van der Waals surface area contributed by atoms with E-state index in [1.54, 1.807) is 11.3 Å². The monoisotopic (exact) mass is 166 g/mol. The quantitative estimate of drug-likeness (QED) is 0.620. The van der Waals surface area contributed by atoms with Gasteiger partial charge in [0.15, 0.2) is 0 Å². The first-order chi connectivity index (χ1) is 5.27. The number of aromatic nitrogens is 1. The zero-order chi connectivity index (χ0) is 8.27. The molecule has 0 spiro atoms. The molecule has 0 aliphatic rings. The van der Waals surface area contributed by atoms with Crippen LogP contribution in [0.5, 0.6) is 0 Å². The third kappa shape index (κ3) is 1.74. The van der Waals surface area contributed by atoms with Crippen molar-refractivity contribution in [1.82, 2.24) is 4.98 Å². The molecule has 3 heteroatoms. The van der Waals surface area contributed by atoms with Crippen LogP contribution in [0, 0.1) is 6.92 Å². The predicted octanol–water partition coefficient (Wildman–Crippen LogP) is 2.82. The summed E-state index contributed by atoms with van der Waals surface area (Å²) in [6.45, 7) is 7.40. The standard InChI is InChI=1S/C8H10N2S/c1-4-5-7-8(9-3)11-6(2)10-7/h4-5H,3H2,1-2H3/b5-4-. The average molecular weight is 166 g/mol. The summed E-state index contributed by atoms with van der Waals surface area (Å²) in [6, 6.07) is 0. The van der Waals surface area contributed by atoms with Gasteiger partial charge in [-0.3, -0.25) is 4.99 Å². The van der Waals surface area contributed by atoms with Gasteiger partial charge in [0.05, 0.1) is 10.7 Å². The molecule has 58 valence electrons. The van der Waals surface area contributed by atoms with Crippen LogP contribution < -0.4 is 0 Å². The number of thiazole rings is 1. The highest BCUT2D eigenvalue weighted by atomic mass is 32.1. The fourth-order valence-electron chi connectivity index (χ4n) is 0.812. The van der Waals surface area contributed by atoms with E-state index < -0.39 is 0 Å². The van der Waals surface area contributed by atoms with Crippen LogP contribution in [0.25, 0.3) is 6.08 Å². The van der Waals surface area contributed by atoms with Crippen molar-refractivity contribution >= 4 is 29.1 Å². The lowest BCUT2D eigenvalue weighted by molar-refractivity contribution is 1.27. The minimum atomic E-state index is 0.903. The molecule has 0 bridgehead atoms. The van der Waals surface area contributed by atoms with E-state index >= 15 is 0 Å². The van der Waals surface area contributed by atoms with Crippen LogP contribution in [0.15, 0.2) is 11.1 Å². The molecule has 0 aromatic carbocycles. The molecule has 0 amide bonds. The first-order valence-electron chi connectivity index (χ1n) is 3.34. The number of aryl methyl sites for hydroxylation is 1. The summed E-state index contributed by atoms with van der Waals surface area (Å²) < 4.78 is 0. The Kier molecular flexibility index (Phi) is 2.54. The highest BCUT2D eigenvalue weighted by molar-refractivity contribution is 7.15. The molecule has 0 aliphatic carbocycles. The number of rotatable bonds is 2. The van der Waals surface area contributed by atoms with Crippen LogP contribution in [0.2, 0.25) is 0 Å². The maximum absolute atomic E-state index is 4.27. The molecule has 0 saturated heterocycles. The minimum Gasteiger partial charge on any atom is -0.251 e. The maximum Gasteiger partial charge on any atom is 0.142 e. The zero-order valence-electron chi connectivity index (χ0n) is 6.66. The molecule has 0 unspecified atom stereocenters. The van der Waals surface area contributed by atoms with Crippen molar-refractivity contribution in [3.8, 4) is 0 Å². The van der Waals surface area contributed by atoms with Gasteiger partial charge in [0.1, 0.15) is 5.00 Å². The number of hydrogen-bond donors (Lipinski definition) is 0. The van der Waals surface area contributed by atoms with Crippen molar-refractivity contribution in [2.75, 3.05) is 0 Å². The molecule has 1 aromatic heterocycles. The van der Waals surface area contributed by atoms with Crippen LogP contribution in [-0.2, 0) is 0 Å². The van der Waals surface area contributed by atoms with Crippen LogP contribution in [0.1, 0.15) is 17.6 Å². The largest absolute Gasteiger partial charge is 0.251 e. The smallest absolute Gasteiger partial charge is 0.142 e. The fraction of sp³-hybridized carbons (Fsp3) is 0.250. The molecule has 1 rings (SSSR count). The van der Waals surface area contributed by atoms with Crippen molar-refractivity contribution in [2.45, 2.75) is 13.8 Å². The third-order valence-electron chi connectivity index (χ3n) is 1.21. The highest BCUT2D eigenvalue weighted by Crippen LogP contribution is 2.27. The number of hydrogen-bond acceptors (Lipinski definition) is 3. The summed E-state index contributed by atoms with van der Waals surface area (Å²) in [4.78, 5) is 8.13. The van der Waals surface area contributed by atoms with Gasteiger partial charge in [-0.15, -0.1) is 0 Å². The second-order valence-corrected chi connectivity index (χ2v) is 3.26. The molecule has 1 aromatic rings. The number of nitrogens with zero attached hydrogens (tertiary/aromatic N) is 2. The third-order valence-corrected chi connectivity index (χ3v) is 2.13. The van der Waals surface area contributed by atoms with Gasteiger partial charge in [0.2, 0.25) is 0 Å². The molecule has 11 heavy (non-hydrogen) atoms. The summed E-state index contributed by atoms with van der Waals surface area (Å²) in [5.74, 6) is 0. The zero-order valence-corrected chi connectivity index (χ0v) is 7.48. The van der Waals surface area contributed by atoms with E-state index in [2.05, 4.69) is 16.7 Å². The molecule has 0 atom stereocenters. The van der Waals surface area contributed by atoms with E-state index in [0.717, 1.165) is 15.7 Å². The van der Waals surface area contributed by atoms with Crippen LogP contribution in [-0.4, -0.2) is 11.7 Å². The van der Waals surface area contributed by atoms with Crippen molar-refractivity contribution in [2.24, 2.45) is 4.99 Å². The van der Waals surface area contributed by atoms with Crippen LogP contribution in [0.4, 0.5) is 5.00 Å². The molecule has 1 heterocycles. The van der Waals surface area contributed by atoms with Gasteiger partial charge in [0.25, 0.3) is 0 Å². The van der Waals surface area contributed by atoms with Crippen molar-refractivity contribution in [3.05, 3.63) is 16.8 Å². The maximum atomic E-state index is 4.27. The van der Waals surface area contributed by atoms with E-state index in [4.69, 9.17) is 0 Å². The molecule has 0 saturated carbocycles. The molecule has 0 fully saturated rings. The second kappa shape index (κ2) is 3.44. The second-order valence-electron chi connectivity index (χ2n) is 2.08. The molecule has 0 aliphatic heterocycles. The first-order valence-corrected chi connectivity index (χ1v) is 4.16. The van der Waals surface area contributed by atoms with Crippen molar-refractivity contribution in [3.63, 3.8) is 0 Å². The molecule has 0 radical (unpaired) electrons. The van der Waals surface area contributed by atoms with Gasteiger partial charge in [-0.25, -0.2) is 4.98 Å². The van der Waals surface area contributed by atoms with Gasteiger partial charge in [-0.1, -0.05) is 17.4 Å². The number of aliphatic imine (C=N–C) groups is 1. The van der Waals surface area contributed by atoms with E-state index in [9.17, 15) is 0 Å². The lowest BCUT2D eigenvalue weighted by Crippen LogP contribution is -1.71. The Morgan fingerprint density at radius 2 is 2.36 bits per heavy atom. The Labute approximate surface area is 70.3 Å². The normalized spacial score (nSPS) is 10.7. The fourth-order valence-corrected chi connectivity index (χ4v) is 1.52. The summed E-state index contributed by atoms with van der Waals surface area (Å²) in [6.07, 6.45) is 3.89. The average Bonchev–Trinajstić information content (AvgIpc) is 2.32. The minimum absolute atomic E-state index is 0.903. The van der Waals surface area contributed by atoms with Gasteiger partial charge in [-0.2, -0.15) is 0 Å². The Hall–Kier alpha value is -0.960. The Bertz CT molecular complexity index is 286. The molecular weight excluding hydrogens is 156 g/mol. The first kappa shape index (κ1) is 8.14. The Balaban J connectivity index is 3.11. The summed E-state index contributed by atoms with van der Waals surface area (Å²) in [5.41, 5.74) is 0.921. The van der Waals surface area contributed by atoms with Crippen molar-refractivity contribution in [1.29, 1.82) is 0 Å². The Morgan fingerprint density at radius 3 is 2.91 bits per heavy atom. The SMILES string of the molecule is C=Nc1sc(C)nc1/C=C\C. The van der Waals surface area contributed by atoms with Gasteiger partial charge >= 0.3 is 0 Å². The van der Waals surface area contributed by atoms with E-state index in [1.165, 1.54) is 0 Å². The van der Waals surface area contributed by atoms with E-state index in [1.807, 2.05) is 26.0 Å². The summed E-state index contributed by atoms with van der Waals surface area (Å²) in [5, 5.41) is 1.93. The van der Waals surface area contributed by atoms with E-state index in [0.29, 0.717) is 0 Å². The van der Waals surface area contributed by atoms with Crippen LogP contribution in [0.3, 0.4) is 0 Å². The molecular formula is C8H10N2S. The van der Waals surface area contributed by atoms with Gasteiger partial charge < -0.3 is 0 Å². The topological polar surface area (TPSA) is 25.2 Å². The molecule has 2 nitrogen and oxygen atoms in total. The lowest BCUT2D eigenvalue weighted by atomic mass is 10.4. The van der Waals surface area contributed by atoms with Crippen molar-refractivity contribution < 1.29 is 0 Å². The van der Waals surface area contributed by atoms with Gasteiger partial charge in [0, 0.05) is 0 Å². The summed E-state index contributed by atoms with van der Waals surface area (Å²) in [7, 11) is 0. The Morgan fingerprint density at radius 1 is 1.64 bits per heavy atom. The van der Waals surface area contributed by atoms with Crippen LogP contribution >= 0.6 is 11.3 Å². The van der Waals surface area contributed by atoms with E-state index in [-0.39, 0.29) is 0 Å². The highest BCUT2D eigenvalue weighted by Gasteiger charge is 2.02. The molecule has 0 N–H and O–H groups in total. The van der Waals surface area contributed by atoms with Gasteiger partial charge in [-0.05, 0) is 26.6 Å². The summed E-state index contributed by atoms with van der Waals surface area (Å²) >= 11 is 1.56. The number of allylic oxidation sites excluding steroid dienone is 1. The lowest BCUT2D eigenvalue weighted by Gasteiger charge is -1.84. The predicted molar refractivity (Wildman–Crippen MR) is 50.8 cm³/mol.